The third-order valence-electron chi connectivity index (χ3n) is 2.83. The number of ether oxygens (including phenoxy) is 1. The Morgan fingerprint density at radius 3 is 2.80 bits per heavy atom. The minimum Gasteiger partial charge on any atom is -0.619 e. The highest BCUT2D eigenvalue weighted by Gasteiger charge is 2.14. The average molecular weight is 352 g/mol. The van der Waals surface area contributed by atoms with Crippen molar-refractivity contribution in [3.63, 3.8) is 0 Å². The molecule has 0 atom stereocenters. The highest BCUT2D eigenvalue weighted by atomic mass is 19.3. The number of hydrogen-bond acceptors (Lipinski definition) is 6. The summed E-state index contributed by atoms with van der Waals surface area (Å²) in [4.78, 5) is 21.8. The number of carbonyl (C=O) groups excluding carboxylic acids is 1. The van der Waals surface area contributed by atoms with Crippen LogP contribution in [0.15, 0.2) is 47.8 Å². The molecule has 0 bridgehead atoms. The van der Waals surface area contributed by atoms with Gasteiger partial charge in [0, 0.05) is 23.8 Å². The van der Waals surface area contributed by atoms with Crippen molar-refractivity contribution >= 4 is 17.8 Å². The Morgan fingerprint density at radius 2 is 2.16 bits per heavy atom. The van der Waals surface area contributed by atoms with Gasteiger partial charge in [-0.05, 0) is 12.1 Å². The number of hydrogen-bond donors (Lipinski definition) is 1. The zero-order valence-corrected chi connectivity index (χ0v) is 12.3. The van der Waals surface area contributed by atoms with Gasteiger partial charge in [0.25, 0.3) is 11.6 Å². The number of nitrogens with one attached hydrogen (secondary N) is 1. The first-order chi connectivity index (χ1) is 11.9. The third-order valence-corrected chi connectivity index (χ3v) is 2.83. The summed E-state index contributed by atoms with van der Waals surface area (Å²) >= 11 is 0. The molecule has 0 aliphatic rings. The Bertz CT molecular complexity index is 829. The number of nitrogens with zero attached hydrogens (tertiary/aromatic N) is 3. The fourth-order valence-electron chi connectivity index (χ4n) is 1.77. The lowest BCUT2D eigenvalue weighted by molar-refractivity contribution is -0.605. The Hall–Kier alpha value is -3.63. The number of nitro groups is 1. The van der Waals surface area contributed by atoms with Crippen LogP contribution in [0.5, 0.6) is 5.75 Å². The third kappa shape index (κ3) is 4.92. The first-order valence-corrected chi connectivity index (χ1v) is 6.62. The van der Waals surface area contributed by atoms with Crippen LogP contribution in [-0.4, -0.2) is 23.7 Å². The van der Waals surface area contributed by atoms with E-state index in [4.69, 9.17) is 0 Å². The van der Waals surface area contributed by atoms with Crippen LogP contribution in [0.3, 0.4) is 0 Å². The molecule has 2 rings (SSSR count). The monoisotopic (exact) mass is 352 g/mol. The molecule has 0 unspecified atom stereocenters. The number of alkyl halides is 2. The highest BCUT2D eigenvalue weighted by molar-refractivity contribution is 5.94. The molecule has 1 heterocycles. The van der Waals surface area contributed by atoms with E-state index in [0.717, 1.165) is 30.6 Å². The van der Waals surface area contributed by atoms with Crippen LogP contribution < -0.4 is 14.9 Å². The van der Waals surface area contributed by atoms with E-state index >= 15 is 0 Å². The quantitative estimate of drug-likeness (QED) is 0.278. The van der Waals surface area contributed by atoms with Gasteiger partial charge in [-0.25, -0.2) is 5.43 Å². The number of amides is 1. The van der Waals surface area contributed by atoms with E-state index < -0.39 is 17.4 Å². The lowest BCUT2D eigenvalue weighted by Gasteiger charge is -2.07. The van der Waals surface area contributed by atoms with E-state index in [1.54, 1.807) is 0 Å². The molecule has 0 spiro atoms. The molecule has 9 nitrogen and oxygen atoms in total. The Morgan fingerprint density at radius 1 is 1.40 bits per heavy atom. The maximum Gasteiger partial charge on any atom is 0.387 e. The second kappa shape index (κ2) is 7.77. The Labute approximate surface area is 138 Å². The molecule has 1 amide bonds. The van der Waals surface area contributed by atoms with Crippen molar-refractivity contribution in [3.8, 4) is 5.75 Å². The van der Waals surface area contributed by atoms with Crippen LogP contribution in [0.2, 0.25) is 0 Å². The number of carbonyl (C=O) groups is 1. The van der Waals surface area contributed by atoms with E-state index in [9.17, 15) is 28.9 Å². The van der Waals surface area contributed by atoms with Crippen LogP contribution in [0.1, 0.15) is 15.9 Å². The van der Waals surface area contributed by atoms with Gasteiger partial charge in [-0.1, -0.05) is 0 Å². The van der Waals surface area contributed by atoms with Gasteiger partial charge in [0.2, 0.25) is 0 Å². The fraction of sp³-hybridized carbons (Fsp3) is 0.0714. The Kier molecular flexibility index (Phi) is 5.50. The molecule has 0 fully saturated rings. The molecule has 1 aromatic heterocycles. The molecular formula is C14H10F2N4O5. The summed E-state index contributed by atoms with van der Waals surface area (Å²) in [6.45, 7) is -3.14. The van der Waals surface area contributed by atoms with Gasteiger partial charge >= 0.3 is 6.61 Å². The Balaban J connectivity index is 2.19. The predicted octanol–water partition coefficient (Wildman–Crippen LogP) is 1.59. The van der Waals surface area contributed by atoms with Gasteiger partial charge in [0.05, 0.1) is 11.1 Å². The van der Waals surface area contributed by atoms with Crippen LogP contribution >= 0.6 is 0 Å². The minimum atomic E-state index is -3.14. The van der Waals surface area contributed by atoms with Crippen LogP contribution in [-0.2, 0) is 0 Å². The number of nitro benzene ring substituents is 1. The topological polar surface area (TPSA) is 121 Å². The number of non-ortho nitro benzene ring substituents is 1. The van der Waals surface area contributed by atoms with Crippen molar-refractivity contribution in [3.05, 3.63) is 69.2 Å². The van der Waals surface area contributed by atoms with Crippen molar-refractivity contribution < 1.29 is 28.0 Å². The first-order valence-electron chi connectivity index (χ1n) is 6.62. The molecule has 11 heteroatoms. The van der Waals surface area contributed by atoms with Crippen LogP contribution in [0.25, 0.3) is 0 Å². The highest BCUT2D eigenvalue weighted by Crippen LogP contribution is 2.24. The van der Waals surface area contributed by atoms with Crippen LogP contribution in [0.4, 0.5) is 14.5 Å². The maximum atomic E-state index is 12.4. The van der Waals surface area contributed by atoms with Crippen LogP contribution in [0, 0.1) is 15.3 Å². The molecule has 0 radical (unpaired) electrons. The van der Waals surface area contributed by atoms with E-state index in [1.807, 2.05) is 0 Å². The summed E-state index contributed by atoms with van der Waals surface area (Å²) in [5, 5.41) is 25.4. The van der Waals surface area contributed by atoms with Crippen molar-refractivity contribution in [2.24, 2.45) is 5.10 Å². The van der Waals surface area contributed by atoms with Gasteiger partial charge in [0.15, 0.2) is 12.4 Å². The van der Waals surface area contributed by atoms with Crippen molar-refractivity contribution in [1.29, 1.82) is 0 Å². The minimum absolute atomic E-state index is 0.0118. The summed E-state index contributed by atoms with van der Waals surface area (Å²) in [5.41, 5.74) is 1.57. The molecule has 0 saturated carbocycles. The number of halogens is 2. The smallest absolute Gasteiger partial charge is 0.387 e. The lowest BCUT2D eigenvalue weighted by atomic mass is 10.2. The van der Waals surface area contributed by atoms with E-state index in [-0.39, 0.29) is 22.6 Å². The average Bonchev–Trinajstić information content (AvgIpc) is 2.55. The molecule has 1 N–H and O–H groups in total. The van der Waals surface area contributed by atoms with Crippen molar-refractivity contribution in [2.75, 3.05) is 0 Å². The van der Waals surface area contributed by atoms with E-state index in [2.05, 4.69) is 15.3 Å². The molecule has 130 valence electrons. The summed E-state index contributed by atoms with van der Waals surface area (Å²) < 4.78 is 29.4. The molecule has 25 heavy (non-hydrogen) atoms. The predicted molar refractivity (Wildman–Crippen MR) is 80.2 cm³/mol. The van der Waals surface area contributed by atoms with Crippen molar-refractivity contribution in [1.82, 2.24) is 5.43 Å². The molecule has 0 aliphatic carbocycles. The lowest BCUT2D eigenvalue weighted by Crippen LogP contribution is -2.28. The number of rotatable bonds is 6. The number of pyridine rings is 1. The van der Waals surface area contributed by atoms with Gasteiger partial charge in [-0.3, -0.25) is 14.9 Å². The number of aromatic nitrogens is 1. The molecule has 2 aromatic rings. The van der Waals surface area contributed by atoms with E-state index in [0.29, 0.717) is 4.73 Å². The summed E-state index contributed by atoms with van der Waals surface area (Å²) in [5.74, 6) is -1.08. The second-order valence-corrected chi connectivity index (χ2v) is 4.51. The first kappa shape index (κ1) is 17.7. The standard InChI is InChI=1S/C14H10F2N4O5/c15-14(16)25-12-4-3-11(20(23)24)6-10(12)7-17-18-13(21)9-2-1-5-19(22)8-9/h1-8,14H,(H,18,21)/b17-7-. The molecule has 0 saturated heterocycles. The summed E-state index contributed by atoms with van der Waals surface area (Å²) in [6, 6.07) is 5.65. The largest absolute Gasteiger partial charge is 0.619 e. The normalized spacial score (nSPS) is 10.8. The van der Waals surface area contributed by atoms with Gasteiger partial charge in [-0.2, -0.15) is 18.6 Å². The van der Waals surface area contributed by atoms with Crippen molar-refractivity contribution in [2.45, 2.75) is 6.61 Å². The van der Waals surface area contributed by atoms with E-state index in [1.165, 1.54) is 18.3 Å². The number of benzene rings is 1. The zero-order chi connectivity index (χ0) is 18.4. The maximum absolute atomic E-state index is 12.4. The zero-order valence-electron chi connectivity index (χ0n) is 12.3. The summed E-state index contributed by atoms with van der Waals surface area (Å²) in [6.07, 6.45) is 3.09. The second-order valence-electron chi connectivity index (χ2n) is 4.51. The fourth-order valence-corrected chi connectivity index (χ4v) is 1.77. The van der Waals surface area contributed by atoms with Gasteiger partial charge in [0.1, 0.15) is 11.3 Å². The molecular weight excluding hydrogens is 342 g/mol. The summed E-state index contributed by atoms with van der Waals surface area (Å²) in [7, 11) is 0. The SMILES string of the molecule is O=C(N/N=C\c1cc([N+](=O)[O-])ccc1OC(F)F)c1ccc[n+]([O-])c1. The number of hydrazone groups is 1. The molecule has 0 aliphatic heterocycles. The molecule has 1 aromatic carbocycles. The van der Waals surface area contributed by atoms with Gasteiger partial charge < -0.3 is 9.94 Å². The van der Waals surface area contributed by atoms with Gasteiger partial charge in [-0.15, -0.1) is 0 Å².